The van der Waals surface area contributed by atoms with Crippen molar-refractivity contribution in [2.45, 2.75) is 96.3 Å². The summed E-state index contributed by atoms with van der Waals surface area (Å²) in [7, 11) is 0. The van der Waals surface area contributed by atoms with Gasteiger partial charge in [-0.1, -0.05) is 91.0 Å². The van der Waals surface area contributed by atoms with E-state index in [1.54, 1.807) is 0 Å². The Morgan fingerprint density at radius 2 is 0.432 bits per heavy atom. The first-order chi connectivity index (χ1) is 43.4. The van der Waals surface area contributed by atoms with Gasteiger partial charge in [-0.05, 0) is 183 Å². The van der Waals surface area contributed by atoms with Gasteiger partial charge in [0.15, 0.2) is 0 Å². The molecule has 0 saturated carbocycles. The molecule has 13 heteroatoms. The van der Waals surface area contributed by atoms with Crippen LogP contribution in [-0.2, 0) is 73.1 Å². The second-order valence-electron chi connectivity index (χ2n) is 22.8. The van der Waals surface area contributed by atoms with Gasteiger partial charge in [-0.3, -0.25) is 0 Å². The second kappa shape index (κ2) is 34.7. The van der Waals surface area contributed by atoms with Crippen LogP contribution in [0.2, 0.25) is 0 Å². The number of rotatable bonds is 45. The average Bonchev–Trinajstić information content (AvgIpc) is 1.59. The zero-order chi connectivity index (χ0) is 61.3. The van der Waals surface area contributed by atoms with Crippen LogP contribution in [0.25, 0.3) is 33.4 Å². The van der Waals surface area contributed by atoms with E-state index in [9.17, 15) is 0 Å². The van der Waals surface area contributed by atoms with E-state index < -0.39 is 16.2 Å². The molecule has 0 aliphatic heterocycles. The van der Waals surface area contributed by atoms with Gasteiger partial charge >= 0.3 is 0 Å². The first kappa shape index (κ1) is 67.0. The van der Waals surface area contributed by atoms with E-state index in [2.05, 4.69) is 132 Å². The predicted octanol–water partition coefficient (Wildman–Crippen LogP) is 14.6. The quantitative estimate of drug-likeness (QED) is 0.0338. The van der Waals surface area contributed by atoms with Crippen LogP contribution < -0.4 is 4.90 Å². The van der Waals surface area contributed by atoms with Crippen molar-refractivity contribution in [2.75, 3.05) is 163 Å². The highest BCUT2D eigenvalue weighted by molar-refractivity contribution is 5.90. The molecule has 0 saturated heterocycles. The highest BCUT2D eigenvalue weighted by Gasteiger charge is 2.47. The van der Waals surface area contributed by atoms with Crippen molar-refractivity contribution in [3.63, 3.8) is 0 Å². The molecule has 13 nitrogen and oxygen atoms in total. The second-order valence-corrected chi connectivity index (χ2v) is 22.8. The third-order valence-corrected chi connectivity index (χ3v) is 18.0. The van der Waals surface area contributed by atoms with Gasteiger partial charge in [0.05, 0.1) is 79.3 Å². The van der Waals surface area contributed by atoms with E-state index in [4.69, 9.17) is 56.8 Å². The molecule has 3 aliphatic rings. The smallest absolute Gasteiger partial charge is 0.0700 e. The van der Waals surface area contributed by atoms with Gasteiger partial charge in [0.25, 0.3) is 0 Å². The minimum atomic E-state index is -0.428. The average molecular weight is 1210 g/mol. The summed E-state index contributed by atoms with van der Waals surface area (Å²) < 4.78 is 73.2. The Labute approximate surface area is 525 Å². The van der Waals surface area contributed by atoms with Crippen LogP contribution in [0.15, 0.2) is 127 Å². The number of benzene rings is 6. The van der Waals surface area contributed by atoms with Gasteiger partial charge in [0, 0.05) is 113 Å². The molecular formula is C75H99NO12. The van der Waals surface area contributed by atoms with Crippen LogP contribution in [0, 0.1) is 0 Å². The summed E-state index contributed by atoms with van der Waals surface area (Å²) in [5.74, 6) is 0. The number of fused-ring (bicyclic) bond motifs is 9. The van der Waals surface area contributed by atoms with Crippen LogP contribution in [0.4, 0.5) is 17.1 Å². The monoisotopic (exact) mass is 1210 g/mol. The van der Waals surface area contributed by atoms with Crippen molar-refractivity contribution in [3.8, 4) is 33.4 Å². The molecule has 9 rings (SSSR count). The number of nitrogens with zero attached hydrogens (tertiary/aromatic N) is 1. The molecule has 0 heterocycles. The van der Waals surface area contributed by atoms with Gasteiger partial charge < -0.3 is 61.7 Å². The van der Waals surface area contributed by atoms with E-state index in [0.717, 1.165) is 55.6 Å². The minimum Gasteiger partial charge on any atom is -0.379 e. The fourth-order valence-electron chi connectivity index (χ4n) is 13.8. The first-order valence-electron chi connectivity index (χ1n) is 32.9. The maximum Gasteiger partial charge on any atom is 0.0700 e. The molecule has 0 bridgehead atoms. The third-order valence-electron chi connectivity index (χ3n) is 18.0. The summed E-state index contributed by atoms with van der Waals surface area (Å²) in [6.45, 7) is 25.9. The zero-order valence-corrected chi connectivity index (χ0v) is 53.7. The molecule has 0 atom stereocenters. The molecule has 0 radical (unpaired) electrons. The molecule has 0 unspecified atom stereocenters. The summed E-state index contributed by atoms with van der Waals surface area (Å²) in [5.41, 5.74) is 17.1. The lowest BCUT2D eigenvalue weighted by Gasteiger charge is -2.36. The lowest BCUT2D eigenvalue weighted by atomic mass is 9.72. The maximum atomic E-state index is 6.46. The van der Waals surface area contributed by atoms with E-state index in [1.165, 1.54) is 66.8 Å². The van der Waals surface area contributed by atoms with Gasteiger partial charge in [0.1, 0.15) is 0 Å². The number of ether oxygens (including phenoxy) is 12. The normalized spacial score (nSPS) is 14.4. The number of anilines is 3. The Morgan fingerprint density at radius 1 is 0.227 bits per heavy atom. The van der Waals surface area contributed by atoms with E-state index in [1.807, 2.05) is 41.5 Å². The molecular weight excluding hydrogens is 1110 g/mol. The van der Waals surface area contributed by atoms with Gasteiger partial charge in [-0.2, -0.15) is 0 Å². The molecule has 6 aromatic rings. The Kier molecular flexibility index (Phi) is 26.5. The molecule has 0 fully saturated rings. The minimum absolute atomic E-state index is 0.428. The Morgan fingerprint density at radius 3 is 0.659 bits per heavy atom. The largest absolute Gasteiger partial charge is 0.379 e. The molecule has 0 spiro atoms. The number of hydrogen-bond acceptors (Lipinski definition) is 13. The molecule has 0 amide bonds. The third kappa shape index (κ3) is 15.7. The summed E-state index contributed by atoms with van der Waals surface area (Å²) in [6, 6.07) is 48.5. The van der Waals surface area contributed by atoms with Crippen LogP contribution >= 0.6 is 0 Å². The van der Waals surface area contributed by atoms with E-state index in [0.29, 0.717) is 159 Å². The van der Waals surface area contributed by atoms with Crippen molar-refractivity contribution in [2.24, 2.45) is 0 Å². The van der Waals surface area contributed by atoms with Gasteiger partial charge in [0.2, 0.25) is 0 Å². The molecule has 3 aliphatic carbocycles. The van der Waals surface area contributed by atoms with E-state index in [-0.39, 0.29) is 0 Å². The van der Waals surface area contributed by atoms with Crippen molar-refractivity contribution in [1.82, 2.24) is 0 Å². The standard InChI is InChI=1S/C75H99NO12/c1-7-77-43-49-83-37-31-73(32-38-84-50-44-78-8-2)67-22-16-13-19-61(67)64-28-25-58(55-70(64)73)76(59-26-29-65-62-20-14-17-23-68(62)74(71(65)56-59,33-39-85-51-45-79-9-3)34-40-86-52-46-80-10-4)60-27-30-66-63-21-15-18-24-69(63)75(72(66)57-60,35-41-87-53-47-81-11-5)36-42-88-54-48-82-12-6/h13-30,55-57H,7-12,31-54H2,1-6H3. The van der Waals surface area contributed by atoms with Crippen molar-refractivity contribution >= 4 is 17.1 Å². The molecule has 88 heavy (non-hydrogen) atoms. The topological polar surface area (TPSA) is 114 Å². The van der Waals surface area contributed by atoms with Crippen LogP contribution in [0.3, 0.4) is 0 Å². The fourth-order valence-corrected chi connectivity index (χ4v) is 13.8. The maximum absolute atomic E-state index is 6.46. The Balaban J connectivity index is 1.23. The lowest BCUT2D eigenvalue weighted by molar-refractivity contribution is 0.0356. The van der Waals surface area contributed by atoms with Crippen molar-refractivity contribution < 1.29 is 56.8 Å². The predicted molar refractivity (Wildman–Crippen MR) is 351 cm³/mol. The molecule has 476 valence electrons. The highest BCUT2D eigenvalue weighted by Crippen LogP contribution is 2.59. The molecule has 0 N–H and O–H groups in total. The van der Waals surface area contributed by atoms with Crippen LogP contribution in [0.1, 0.15) is 113 Å². The fraction of sp³-hybridized carbons (Fsp3) is 0.520. The summed E-state index contributed by atoms with van der Waals surface area (Å²) in [6.07, 6.45) is 4.58. The Hall–Kier alpha value is -5.36. The number of hydrogen-bond donors (Lipinski definition) is 0. The van der Waals surface area contributed by atoms with E-state index >= 15 is 0 Å². The molecule has 0 aromatic heterocycles. The SMILES string of the molecule is CCOCCOCCC1(CCOCCOCC)c2ccccc2-c2ccc(N(c3ccc4c(c3)C(CCOCCOCC)(CCOCCOCC)c3ccccc3-4)c3ccc4c(c3)C(CCOCCOCC)(CCOCCOCC)c3ccccc3-4)cc21. The summed E-state index contributed by atoms with van der Waals surface area (Å²) >= 11 is 0. The first-order valence-corrected chi connectivity index (χ1v) is 32.9. The van der Waals surface area contributed by atoms with Crippen molar-refractivity contribution in [3.05, 3.63) is 161 Å². The van der Waals surface area contributed by atoms with Crippen molar-refractivity contribution in [1.29, 1.82) is 0 Å². The van der Waals surface area contributed by atoms with Gasteiger partial charge in [-0.15, -0.1) is 0 Å². The highest BCUT2D eigenvalue weighted by atomic mass is 16.5. The van der Waals surface area contributed by atoms with Crippen LogP contribution in [-0.4, -0.2) is 159 Å². The zero-order valence-electron chi connectivity index (χ0n) is 53.7. The molecule has 6 aromatic carbocycles. The Bertz CT molecular complexity index is 2680. The van der Waals surface area contributed by atoms with Gasteiger partial charge in [-0.25, -0.2) is 0 Å². The lowest BCUT2D eigenvalue weighted by Crippen LogP contribution is -2.30. The summed E-state index contributed by atoms with van der Waals surface area (Å²) in [5, 5.41) is 0. The summed E-state index contributed by atoms with van der Waals surface area (Å²) in [4.78, 5) is 2.52. The van der Waals surface area contributed by atoms with Crippen LogP contribution in [0.5, 0.6) is 0 Å².